The van der Waals surface area contributed by atoms with Crippen LogP contribution in [-0.4, -0.2) is 28.9 Å². The van der Waals surface area contributed by atoms with Crippen LogP contribution in [0.3, 0.4) is 0 Å². The monoisotopic (exact) mass is 249 g/mol. The lowest BCUT2D eigenvalue weighted by molar-refractivity contribution is 0.0765. The zero-order chi connectivity index (χ0) is 13.3. The summed E-state index contributed by atoms with van der Waals surface area (Å²) in [5.74, 6) is 1.42. The van der Waals surface area contributed by atoms with Crippen molar-refractivity contribution in [3.8, 4) is 0 Å². The molecular formula is C14H23N3O. The van der Waals surface area contributed by atoms with E-state index in [9.17, 15) is 4.79 Å². The van der Waals surface area contributed by atoms with Crippen LogP contribution in [0.1, 0.15) is 39.5 Å². The van der Waals surface area contributed by atoms with Gasteiger partial charge in [-0.25, -0.2) is 4.79 Å². The minimum atomic E-state index is -0.350. The first-order chi connectivity index (χ1) is 8.54. The van der Waals surface area contributed by atoms with Crippen LogP contribution in [0.15, 0.2) is 17.6 Å². The fraction of sp³-hybridized carbons (Fsp3) is 0.714. The summed E-state index contributed by atoms with van der Waals surface area (Å²) < 4.78 is 0. The van der Waals surface area contributed by atoms with Crippen LogP contribution in [0, 0.1) is 11.8 Å². The Labute approximate surface area is 109 Å². The van der Waals surface area contributed by atoms with E-state index in [1.54, 1.807) is 6.08 Å². The predicted octanol–water partition coefficient (Wildman–Crippen LogP) is 2.55. The first-order valence-electron chi connectivity index (χ1n) is 6.81. The predicted molar refractivity (Wildman–Crippen MR) is 73.4 cm³/mol. The SMILES string of the molecule is C=CCN1C(=O)N=C(N)C12CCCCC2C(C)C. The lowest BCUT2D eigenvalue weighted by Gasteiger charge is -2.48. The van der Waals surface area contributed by atoms with Crippen LogP contribution in [0.2, 0.25) is 0 Å². The summed E-state index contributed by atoms with van der Waals surface area (Å²) in [6.45, 7) is 8.70. The Morgan fingerprint density at radius 1 is 1.61 bits per heavy atom. The summed E-state index contributed by atoms with van der Waals surface area (Å²) >= 11 is 0. The number of hydrogen-bond acceptors (Lipinski definition) is 2. The molecule has 2 atom stereocenters. The van der Waals surface area contributed by atoms with Gasteiger partial charge in [-0.15, -0.1) is 6.58 Å². The second kappa shape index (κ2) is 4.75. The quantitative estimate of drug-likeness (QED) is 0.781. The molecule has 2 amide bonds. The van der Waals surface area contributed by atoms with E-state index in [1.165, 1.54) is 6.42 Å². The Bertz CT molecular complexity index is 389. The molecule has 0 radical (unpaired) electrons. The smallest absolute Gasteiger partial charge is 0.346 e. The second-order valence-electron chi connectivity index (χ2n) is 5.70. The molecule has 2 N–H and O–H groups in total. The van der Waals surface area contributed by atoms with Gasteiger partial charge in [0, 0.05) is 6.54 Å². The number of hydrogen-bond donors (Lipinski definition) is 1. The molecule has 1 aliphatic heterocycles. The molecule has 2 aliphatic rings. The van der Waals surface area contributed by atoms with Crippen molar-refractivity contribution in [2.45, 2.75) is 45.1 Å². The average molecular weight is 249 g/mol. The van der Waals surface area contributed by atoms with E-state index in [2.05, 4.69) is 25.4 Å². The minimum Gasteiger partial charge on any atom is -0.385 e. The molecule has 0 bridgehead atoms. The standard InChI is InChI=1S/C14H23N3O/c1-4-9-17-13(18)16-12(15)14(17)8-6-5-7-11(14)10(2)3/h4,10-11H,1,5-9H2,2-3H3,(H2,15,16,18). The zero-order valence-corrected chi connectivity index (χ0v) is 11.4. The number of carbonyl (C=O) groups is 1. The molecule has 0 saturated heterocycles. The van der Waals surface area contributed by atoms with E-state index in [1.807, 2.05) is 4.90 Å². The second-order valence-corrected chi connectivity index (χ2v) is 5.70. The van der Waals surface area contributed by atoms with Crippen molar-refractivity contribution in [2.24, 2.45) is 22.6 Å². The normalized spacial score (nSPS) is 32.2. The fourth-order valence-corrected chi connectivity index (χ4v) is 3.66. The van der Waals surface area contributed by atoms with Crippen LogP contribution in [0.5, 0.6) is 0 Å². The van der Waals surface area contributed by atoms with Gasteiger partial charge in [-0.2, -0.15) is 4.99 Å². The number of carbonyl (C=O) groups excluding carboxylic acids is 1. The van der Waals surface area contributed by atoms with Crippen molar-refractivity contribution < 1.29 is 4.79 Å². The van der Waals surface area contributed by atoms with Crippen LogP contribution in [-0.2, 0) is 0 Å². The van der Waals surface area contributed by atoms with Gasteiger partial charge in [-0.05, 0) is 24.7 Å². The molecule has 1 spiro atoms. The molecule has 4 nitrogen and oxygen atoms in total. The van der Waals surface area contributed by atoms with Gasteiger partial charge in [0.1, 0.15) is 11.4 Å². The van der Waals surface area contributed by atoms with Gasteiger partial charge in [0.25, 0.3) is 0 Å². The van der Waals surface area contributed by atoms with Gasteiger partial charge in [0.2, 0.25) is 0 Å². The summed E-state index contributed by atoms with van der Waals surface area (Å²) in [6.07, 6.45) is 6.15. The number of nitrogens with zero attached hydrogens (tertiary/aromatic N) is 2. The summed E-state index contributed by atoms with van der Waals surface area (Å²) in [6, 6.07) is -0.194. The molecule has 4 heteroatoms. The molecule has 18 heavy (non-hydrogen) atoms. The van der Waals surface area contributed by atoms with Gasteiger partial charge in [0.15, 0.2) is 0 Å². The van der Waals surface area contributed by atoms with Gasteiger partial charge in [-0.1, -0.05) is 32.8 Å². The Morgan fingerprint density at radius 3 is 2.94 bits per heavy atom. The minimum absolute atomic E-state index is 0.194. The summed E-state index contributed by atoms with van der Waals surface area (Å²) in [7, 11) is 0. The maximum Gasteiger partial charge on any atom is 0.346 e. The lowest BCUT2D eigenvalue weighted by atomic mass is 9.66. The largest absolute Gasteiger partial charge is 0.385 e. The molecule has 2 unspecified atom stereocenters. The van der Waals surface area contributed by atoms with E-state index in [4.69, 9.17) is 5.73 Å². The molecule has 0 aromatic rings. The fourth-order valence-electron chi connectivity index (χ4n) is 3.66. The van der Waals surface area contributed by atoms with Gasteiger partial charge >= 0.3 is 6.03 Å². The van der Waals surface area contributed by atoms with Crippen molar-refractivity contribution >= 4 is 11.9 Å². The lowest BCUT2D eigenvalue weighted by Crippen LogP contribution is -2.61. The van der Waals surface area contributed by atoms with Crippen molar-refractivity contribution in [3.63, 3.8) is 0 Å². The summed E-state index contributed by atoms with van der Waals surface area (Å²) in [5, 5.41) is 0. The third-order valence-electron chi connectivity index (χ3n) is 4.43. The molecule has 1 fully saturated rings. The van der Waals surface area contributed by atoms with Crippen molar-refractivity contribution in [1.82, 2.24) is 4.90 Å². The Hall–Kier alpha value is -1.32. The van der Waals surface area contributed by atoms with Crippen LogP contribution in [0.25, 0.3) is 0 Å². The molecule has 0 aromatic heterocycles. The number of aliphatic imine (C=N–C) groups is 1. The number of amidine groups is 1. The molecule has 1 aliphatic carbocycles. The van der Waals surface area contributed by atoms with E-state index >= 15 is 0 Å². The van der Waals surface area contributed by atoms with Crippen LogP contribution in [0.4, 0.5) is 4.79 Å². The van der Waals surface area contributed by atoms with E-state index in [0.29, 0.717) is 24.2 Å². The first-order valence-corrected chi connectivity index (χ1v) is 6.81. The van der Waals surface area contributed by atoms with Crippen molar-refractivity contribution in [3.05, 3.63) is 12.7 Å². The molecule has 1 heterocycles. The first kappa shape index (κ1) is 13.1. The molecule has 0 aromatic carbocycles. The third kappa shape index (κ3) is 1.74. The number of amides is 2. The summed E-state index contributed by atoms with van der Waals surface area (Å²) in [4.78, 5) is 17.9. The Morgan fingerprint density at radius 2 is 2.33 bits per heavy atom. The number of urea groups is 1. The van der Waals surface area contributed by atoms with Crippen LogP contribution >= 0.6 is 0 Å². The maximum atomic E-state index is 12.0. The van der Waals surface area contributed by atoms with Gasteiger partial charge < -0.3 is 10.6 Å². The van der Waals surface area contributed by atoms with Crippen molar-refractivity contribution in [2.75, 3.05) is 6.54 Å². The Kier molecular flexibility index (Phi) is 3.46. The van der Waals surface area contributed by atoms with E-state index < -0.39 is 0 Å². The van der Waals surface area contributed by atoms with E-state index in [-0.39, 0.29) is 11.6 Å². The van der Waals surface area contributed by atoms with Gasteiger partial charge in [0.05, 0.1) is 0 Å². The molecular weight excluding hydrogens is 226 g/mol. The third-order valence-corrected chi connectivity index (χ3v) is 4.43. The topological polar surface area (TPSA) is 58.7 Å². The highest BCUT2D eigenvalue weighted by Crippen LogP contribution is 2.45. The zero-order valence-electron chi connectivity index (χ0n) is 11.4. The molecule has 1 saturated carbocycles. The Balaban J connectivity index is 2.42. The molecule has 100 valence electrons. The highest BCUT2D eigenvalue weighted by molar-refractivity contribution is 6.06. The van der Waals surface area contributed by atoms with E-state index in [0.717, 1.165) is 19.3 Å². The number of rotatable bonds is 3. The highest BCUT2D eigenvalue weighted by atomic mass is 16.2. The van der Waals surface area contributed by atoms with Crippen LogP contribution < -0.4 is 5.73 Å². The average Bonchev–Trinajstić information content (AvgIpc) is 2.55. The summed E-state index contributed by atoms with van der Waals surface area (Å²) in [5.41, 5.74) is 5.79. The van der Waals surface area contributed by atoms with Gasteiger partial charge in [-0.3, -0.25) is 0 Å². The molecule has 2 rings (SSSR count). The highest BCUT2D eigenvalue weighted by Gasteiger charge is 2.54. The van der Waals surface area contributed by atoms with Crippen molar-refractivity contribution in [1.29, 1.82) is 0 Å². The maximum absolute atomic E-state index is 12.0. The number of nitrogens with two attached hydrogens (primary N) is 1.